The minimum absolute atomic E-state index is 0.273. The highest BCUT2D eigenvalue weighted by atomic mass is 32.2. The van der Waals surface area contributed by atoms with E-state index < -0.39 is 17.6 Å². The van der Waals surface area contributed by atoms with Gasteiger partial charge in [-0.3, -0.25) is 0 Å². The molecule has 1 heterocycles. The van der Waals surface area contributed by atoms with Gasteiger partial charge in [0.2, 0.25) is 5.16 Å². The molecule has 0 aliphatic heterocycles. The number of amides is 1. The molecule has 14 heteroatoms. The maximum absolute atomic E-state index is 13.0. The van der Waals surface area contributed by atoms with E-state index in [-0.39, 0.29) is 6.03 Å². The van der Waals surface area contributed by atoms with Gasteiger partial charge in [0.1, 0.15) is 5.82 Å². The lowest BCUT2D eigenvalue weighted by Gasteiger charge is -2.28. The topological polar surface area (TPSA) is 115 Å². The van der Waals surface area contributed by atoms with Crippen LogP contribution in [0.3, 0.4) is 0 Å². The first-order valence-corrected chi connectivity index (χ1v) is 18.7. The SMILES string of the molecule is CCCCCCc1nc(SCCC[Si](OCC)(OCC)OCC)nn1C(=O)NCCC[Si](OC)(OC)OC. The summed E-state index contributed by atoms with van der Waals surface area (Å²) in [6.07, 6.45) is 6.61. The fourth-order valence-electron chi connectivity index (χ4n) is 4.00. The Labute approximate surface area is 235 Å². The molecule has 0 aliphatic carbocycles. The summed E-state index contributed by atoms with van der Waals surface area (Å²) in [4.78, 5) is 17.7. The molecular formula is C24H50N4O7SSi2. The van der Waals surface area contributed by atoms with Crippen molar-refractivity contribution in [3.8, 4) is 0 Å². The monoisotopic (exact) mass is 594 g/mol. The second-order valence-electron chi connectivity index (χ2n) is 8.60. The van der Waals surface area contributed by atoms with Crippen molar-refractivity contribution in [1.82, 2.24) is 20.1 Å². The van der Waals surface area contributed by atoms with Crippen molar-refractivity contribution < 1.29 is 31.4 Å². The minimum atomic E-state index is -2.67. The third-order valence-electron chi connectivity index (χ3n) is 5.92. The second kappa shape index (κ2) is 20.1. The Morgan fingerprint density at radius 3 is 2.00 bits per heavy atom. The zero-order valence-corrected chi connectivity index (χ0v) is 27.3. The highest BCUT2D eigenvalue weighted by molar-refractivity contribution is 7.99. The van der Waals surface area contributed by atoms with E-state index in [1.165, 1.54) is 4.68 Å². The Kier molecular flexibility index (Phi) is 18.6. The fourth-order valence-corrected chi connectivity index (χ4v) is 9.37. The zero-order valence-electron chi connectivity index (χ0n) is 24.5. The van der Waals surface area contributed by atoms with E-state index in [9.17, 15) is 4.79 Å². The van der Waals surface area contributed by atoms with Crippen LogP contribution in [0.1, 0.15) is 72.0 Å². The molecule has 38 heavy (non-hydrogen) atoms. The maximum Gasteiger partial charge on any atom is 0.500 e. The van der Waals surface area contributed by atoms with Gasteiger partial charge in [0.05, 0.1) is 0 Å². The number of carbonyl (C=O) groups excluding carboxylic acids is 1. The van der Waals surface area contributed by atoms with Gasteiger partial charge >= 0.3 is 23.6 Å². The average molecular weight is 595 g/mol. The second-order valence-corrected chi connectivity index (χ2v) is 15.5. The first kappa shape index (κ1) is 35.2. The van der Waals surface area contributed by atoms with Crippen LogP contribution in [0.4, 0.5) is 4.79 Å². The van der Waals surface area contributed by atoms with Gasteiger partial charge in [-0.25, -0.2) is 9.78 Å². The van der Waals surface area contributed by atoms with E-state index in [0.717, 1.165) is 43.9 Å². The molecule has 222 valence electrons. The summed E-state index contributed by atoms with van der Waals surface area (Å²) in [5.41, 5.74) is 0. The summed E-state index contributed by atoms with van der Waals surface area (Å²) >= 11 is 1.54. The van der Waals surface area contributed by atoms with Crippen LogP contribution in [0.15, 0.2) is 5.16 Å². The van der Waals surface area contributed by atoms with E-state index in [4.69, 9.17) is 31.5 Å². The summed E-state index contributed by atoms with van der Waals surface area (Å²) in [5, 5.41) is 8.09. The summed E-state index contributed by atoms with van der Waals surface area (Å²) in [7, 11) is -0.572. The van der Waals surface area contributed by atoms with E-state index >= 15 is 0 Å². The molecule has 11 nitrogen and oxygen atoms in total. The van der Waals surface area contributed by atoms with Crippen LogP contribution in [0, 0.1) is 0 Å². The molecule has 0 bridgehead atoms. The van der Waals surface area contributed by atoms with Gasteiger partial charge in [-0.1, -0.05) is 37.9 Å². The lowest BCUT2D eigenvalue weighted by atomic mass is 10.1. The summed E-state index contributed by atoms with van der Waals surface area (Å²) in [5.74, 6) is 1.47. The number of nitrogens with one attached hydrogen (secondary N) is 1. The highest BCUT2D eigenvalue weighted by Crippen LogP contribution is 2.23. The third-order valence-corrected chi connectivity index (χ3v) is 12.8. The van der Waals surface area contributed by atoms with E-state index in [1.54, 1.807) is 33.1 Å². The lowest BCUT2D eigenvalue weighted by Crippen LogP contribution is -2.46. The molecule has 0 saturated heterocycles. The summed E-state index contributed by atoms with van der Waals surface area (Å²) in [6, 6.07) is 1.06. The number of unbranched alkanes of at least 4 members (excludes halogenated alkanes) is 3. The van der Waals surface area contributed by atoms with Gasteiger partial charge in [-0.05, 0) is 40.0 Å². The third kappa shape index (κ3) is 12.1. The van der Waals surface area contributed by atoms with Crippen LogP contribution in [0.2, 0.25) is 12.1 Å². The molecule has 0 unspecified atom stereocenters. The smallest absolute Gasteiger partial charge is 0.377 e. The maximum atomic E-state index is 13.0. The fraction of sp³-hybridized carbons (Fsp3) is 0.875. The van der Waals surface area contributed by atoms with E-state index in [1.807, 2.05) is 20.8 Å². The number of thioether (sulfide) groups is 1. The van der Waals surface area contributed by atoms with Crippen LogP contribution < -0.4 is 5.32 Å². The number of hydrogen-bond acceptors (Lipinski definition) is 10. The Balaban J connectivity index is 2.77. The molecule has 1 aromatic rings. The van der Waals surface area contributed by atoms with Gasteiger partial charge in [-0.2, -0.15) is 4.68 Å². The Bertz CT molecular complexity index is 747. The van der Waals surface area contributed by atoms with Crippen LogP contribution in [-0.2, 0) is 33.0 Å². The van der Waals surface area contributed by atoms with Gasteiger partial charge in [0.15, 0.2) is 0 Å². The normalized spacial score (nSPS) is 12.3. The molecule has 1 aromatic heterocycles. The average Bonchev–Trinajstić information content (AvgIpc) is 3.33. The van der Waals surface area contributed by atoms with Gasteiger partial charge < -0.3 is 31.9 Å². The minimum Gasteiger partial charge on any atom is -0.377 e. The number of aryl methyl sites for hydroxylation is 1. The molecule has 0 fully saturated rings. The predicted octanol–water partition coefficient (Wildman–Crippen LogP) is 4.76. The number of hydrogen-bond donors (Lipinski definition) is 1. The van der Waals surface area contributed by atoms with E-state index in [2.05, 4.69) is 17.3 Å². The standard InChI is InChI=1S/C24H50N4O7SSi2/c1-8-12-13-14-17-22-26-23(36-19-16-21-38(33-9-2,34-10-3)35-11-4)27-28(22)24(29)25-18-15-20-37(30-5,31-6)32-7/h8-21H2,1-7H3,(H,25,29). The van der Waals surface area contributed by atoms with Crippen LogP contribution in [-0.4, -0.2) is 91.9 Å². The number of carbonyl (C=O) groups is 1. The molecule has 0 saturated carbocycles. The van der Waals surface area contributed by atoms with Crippen LogP contribution >= 0.6 is 11.8 Å². The summed E-state index contributed by atoms with van der Waals surface area (Å²) < 4.78 is 35.6. The first-order valence-electron chi connectivity index (χ1n) is 13.8. The van der Waals surface area contributed by atoms with Crippen molar-refractivity contribution in [3.63, 3.8) is 0 Å². The van der Waals surface area contributed by atoms with Crippen molar-refractivity contribution in [2.24, 2.45) is 0 Å². The number of aromatic nitrogens is 3. The number of rotatable bonds is 23. The molecule has 0 spiro atoms. The van der Waals surface area contributed by atoms with Gasteiger partial charge in [0.25, 0.3) is 0 Å². The lowest BCUT2D eigenvalue weighted by molar-refractivity contribution is 0.0712. The van der Waals surface area contributed by atoms with Gasteiger partial charge in [-0.15, -0.1) is 5.10 Å². The molecule has 0 aromatic carbocycles. The first-order chi connectivity index (χ1) is 18.4. The molecule has 0 atom stereocenters. The largest absolute Gasteiger partial charge is 0.500 e. The van der Waals surface area contributed by atoms with Crippen LogP contribution in [0.5, 0.6) is 0 Å². The van der Waals surface area contributed by atoms with Crippen molar-refractivity contribution in [1.29, 1.82) is 0 Å². The zero-order chi connectivity index (χ0) is 28.3. The Morgan fingerprint density at radius 1 is 0.842 bits per heavy atom. The number of nitrogens with zero attached hydrogens (tertiary/aromatic N) is 3. The van der Waals surface area contributed by atoms with Crippen molar-refractivity contribution in [2.45, 2.75) is 89.9 Å². The molecule has 1 N–H and O–H groups in total. The van der Waals surface area contributed by atoms with Crippen molar-refractivity contribution >= 4 is 35.4 Å². The summed E-state index contributed by atoms with van der Waals surface area (Å²) in [6.45, 7) is 10.2. The Hall–Kier alpha value is -0.846. The molecule has 1 rings (SSSR count). The quantitative estimate of drug-likeness (QED) is 0.108. The van der Waals surface area contributed by atoms with E-state index in [0.29, 0.717) is 56.2 Å². The molecular weight excluding hydrogens is 545 g/mol. The predicted molar refractivity (Wildman–Crippen MR) is 154 cm³/mol. The van der Waals surface area contributed by atoms with Crippen molar-refractivity contribution in [3.05, 3.63) is 5.82 Å². The molecule has 0 aliphatic rings. The molecule has 0 radical (unpaired) electrons. The van der Waals surface area contributed by atoms with Crippen LogP contribution in [0.25, 0.3) is 0 Å². The molecule has 1 amide bonds. The van der Waals surface area contributed by atoms with Crippen molar-refractivity contribution in [2.75, 3.05) is 53.4 Å². The van der Waals surface area contributed by atoms with Gasteiger partial charge in [0, 0.05) is 72.0 Å². The highest BCUT2D eigenvalue weighted by Gasteiger charge is 2.39. The Morgan fingerprint density at radius 2 is 1.45 bits per heavy atom.